The lowest BCUT2D eigenvalue weighted by molar-refractivity contribution is -0.138. The molecule has 0 bridgehead atoms. The second-order valence-electron chi connectivity index (χ2n) is 5.15. The van der Waals surface area contributed by atoms with E-state index in [0.717, 1.165) is 16.3 Å². The molecule has 0 N–H and O–H groups in total. The van der Waals surface area contributed by atoms with Gasteiger partial charge in [-0.3, -0.25) is 9.59 Å². The molecule has 2 rings (SSSR count). The Morgan fingerprint density at radius 3 is 2.36 bits per heavy atom. The summed E-state index contributed by atoms with van der Waals surface area (Å²) >= 11 is 0. The summed E-state index contributed by atoms with van der Waals surface area (Å²) in [5.41, 5.74) is 0.372. The summed E-state index contributed by atoms with van der Waals surface area (Å²) in [5.74, 6) is -0.400. The first kappa shape index (κ1) is 16.1. The molecule has 0 fully saturated rings. The zero-order chi connectivity index (χ0) is 16.7. The molecule has 0 aliphatic carbocycles. The number of hydrogen-bond acceptors (Lipinski definition) is 2. The standard InChI is InChI=1S/C15H15F3N2O2/c1-9-6-12(10(2)19(9)3)13(21)8-20-7-11(15(16,17)18)4-5-14(20)22/h4-7H,8H2,1-3H3. The van der Waals surface area contributed by atoms with E-state index in [9.17, 15) is 22.8 Å². The van der Waals surface area contributed by atoms with Crippen molar-refractivity contribution in [1.29, 1.82) is 0 Å². The van der Waals surface area contributed by atoms with Gasteiger partial charge in [-0.25, -0.2) is 0 Å². The number of halogens is 3. The van der Waals surface area contributed by atoms with Crippen LogP contribution in [0.25, 0.3) is 0 Å². The third-order valence-electron chi connectivity index (χ3n) is 3.70. The van der Waals surface area contributed by atoms with E-state index >= 15 is 0 Å². The monoisotopic (exact) mass is 312 g/mol. The molecule has 0 amide bonds. The Morgan fingerprint density at radius 1 is 1.23 bits per heavy atom. The average Bonchev–Trinajstić information content (AvgIpc) is 2.67. The number of nitrogens with zero attached hydrogens (tertiary/aromatic N) is 2. The van der Waals surface area contributed by atoms with E-state index in [-0.39, 0.29) is 0 Å². The van der Waals surface area contributed by atoms with Crippen LogP contribution >= 0.6 is 0 Å². The molecule has 7 heteroatoms. The molecular formula is C15H15F3N2O2. The highest BCUT2D eigenvalue weighted by Gasteiger charge is 2.31. The van der Waals surface area contributed by atoms with Crippen LogP contribution in [0.3, 0.4) is 0 Å². The van der Waals surface area contributed by atoms with E-state index in [1.807, 2.05) is 11.5 Å². The maximum Gasteiger partial charge on any atom is 0.417 e. The number of aromatic nitrogens is 2. The third-order valence-corrected chi connectivity index (χ3v) is 3.70. The summed E-state index contributed by atoms with van der Waals surface area (Å²) in [6.45, 7) is 3.14. The molecule has 0 spiro atoms. The fourth-order valence-electron chi connectivity index (χ4n) is 2.20. The van der Waals surface area contributed by atoms with Gasteiger partial charge in [0.25, 0.3) is 5.56 Å². The molecule has 0 aliphatic rings. The van der Waals surface area contributed by atoms with E-state index in [1.165, 1.54) is 0 Å². The second-order valence-corrected chi connectivity index (χ2v) is 5.15. The summed E-state index contributed by atoms with van der Waals surface area (Å²) < 4.78 is 40.6. The number of pyridine rings is 1. The predicted molar refractivity (Wildman–Crippen MR) is 74.9 cm³/mol. The van der Waals surface area contributed by atoms with Crippen molar-refractivity contribution in [3.05, 3.63) is 57.3 Å². The largest absolute Gasteiger partial charge is 0.417 e. The second kappa shape index (κ2) is 5.47. The highest BCUT2D eigenvalue weighted by atomic mass is 19.4. The Kier molecular flexibility index (Phi) is 4.00. The Morgan fingerprint density at radius 2 is 1.86 bits per heavy atom. The van der Waals surface area contributed by atoms with Gasteiger partial charge in [-0.15, -0.1) is 0 Å². The van der Waals surface area contributed by atoms with Crippen LogP contribution < -0.4 is 5.56 Å². The molecular weight excluding hydrogens is 297 g/mol. The van der Waals surface area contributed by atoms with Gasteiger partial charge in [0.2, 0.25) is 0 Å². The van der Waals surface area contributed by atoms with Crippen LogP contribution in [-0.4, -0.2) is 14.9 Å². The normalized spacial score (nSPS) is 11.7. The lowest BCUT2D eigenvalue weighted by Crippen LogP contribution is -2.25. The van der Waals surface area contributed by atoms with E-state index < -0.39 is 29.6 Å². The van der Waals surface area contributed by atoms with Gasteiger partial charge in [0, 0.05) is 36.3 Å². The van der Waals surface area contributed by atoms with Crippen LogP contribution in [0.1, 0.15) is 27.3 Å². The quantitative estimate of drug-likeness (QED) is 0.818. The fraction of sp³-hybridized carbons (Fsp3) is 0.333. The summed E-state index contributed by atoms with van der Waals surface area (Å²) in [4.78, 5) is 23.9. The SMILES string of the molecule is Cc1cc(C(=O)Cn2cc(C(F)(F)F)ccc2=O)c(C)n1C. The number of alkyl halides is 3. The lowest BCUT2D eigenvalue weighted by Gasteiger charge is -2.10. The number of hydrogen-bond donors (Lipinski definition) is 0. The van der Waals surface area contributed by atoms with E-state index in [4.69, 9.17) is 0 Å². The molecule has 0 saturated carbocycles. The molecule has 2 heterocycles. The van der Waals surface area contributed by atoms with Gasteiger partial charge in [0.15, 0.2) is 5.78 Å². The third kappa shape index (κ3) is 2.98. The van der Waals surface area contributed by atoms with Gasteiger partial charge in [0.1, 0.15) is 0 Å². The first-order valence-corrected chi connectivity index (χ1v) is 6.55. The fourth-order valence-corrected chi connectivity index (χ4v) is 2.20. The zero-order valence-electron chi connectivity index (χ0n) is 12.4. The highest BCUT2D eigenvalue weighted by molar-refractivity contribution is 5.97. The minimum Gasteiger partial charge on any atom is -0.351 e. The van der Waals surface area contributed by atoms with E-state index in [0.29, 0.717) is 23.5 Å². The van der Waals surface area contributed by atoms with Gasteiger partial charge in [-0.05, 0) is 26.0 Å². The van der Waals surface area contributed by atoms with Crippen molar-refractivity contribution in [2.45, 2.75) is 26.6 Å². The first-order chi connectivity index (χ1) is 10.1. The van der Waals surface area contributed by atoms with Crippen molar-refractivity contribution in [3.63, 3.8) is 0 Å². The number of Topliss-reactive ketones (excluding diaryl/α,β-unsaturated/α-hetero) is 1. The molecule has 0 aromatic carbocycles. The van der Waals surface area contributed by atoms with Crippen LogP contribution in [0.2, 0.25) is 0 Å². The molecule has 0 atom stereocenters. The number of ketones is 1. The molecule has 4 nitrogen and oxygen atoms in total. The summed E-state index contributed by atoms with van der Waals surface area (Å²) in [5, 5.41) is 0. The van der Waals surface area contributed by atoms with Gasteiger partial charge in [-0.2, -0.15) is 13.2 Å². The van der Waals surface area contributed by atoms with Gasteiger partial charge >= 0.3 is 6.18 Å². The molecule has 0 aliphatic heterocycles. The first-order valence-electron chi connectivity index (χ1n) is 6.55. The Labute approximate surface area is 124 Å². The van der Waals surface area contributed by atoms with Gasteiger partial charge < -0.3 is 9.13 Å². The summed E-state index contributed by atoms with van der Waals surface area (Å²) in [6, 6.07) is 3.19. The van der Waals surface area contributed by atoms with Crippen LogP contribution in [0, 0.1) is 13.8 Å². The molecule has 0 unspecified atom stereocenters. The molecule has 2 aromatic rings. The smallest absolute Gasteiger partial charge is 0.351 e. The Bertz CT molecular complexity index is 785. The molecule has 0 saturated heterocycles. The molecule has 0 radical (unpaired) electrons. The minimum absolute atomic E-state index is 0.400. The van der Waals surface area contributed by atoms with E-state index in [2.05, 4.69) is 0 Å². The molecule has 118 valence electrons. The Hall–Kier alpha value is -2.31. The van der Waals surface area contributed by atoms with Crippen LogP contribution in [0.4, 0.5) is 13.2 Å². The van der Waals surface area contributed by atoms with Crippen molar-refractivity contribution in [3.8, 4) is 0 Å². The maximum absolute atomic E-state index is 12.7. The Balaban J connectivity index is 2.36. The summed E-state index contributed by atoms with van der Waals surface area (Å²) in [7, 11) is 1.79. The van der Waals surface area contributed by atoms with Crippen LogP contribution in [0.15, 0.2) is 29.2 Å². The lowest BCUT2D eigenvalue weighted by atomic mass is 10.1. The van der Waals surface area contributed by atoms with Crippen molar-refractivity contribution < 1.29 is 18.0 Å². The minimum atomic E-state index is -4.56. The number of carbonyl (C=O) groups excluding carboxylic acids is 1. The van der Waals surface area contributed by atoms with Gasteiger partial charge in [0.05, 0.1) is 12.1 Å². The summed E-state index contributed by atoms with van der Waals surface area (Å²) in [6.07, 6.45) is -3.89. The average molecular weight is 312 g/mol. The maximum atomic E-state index is 12.7. The van der Waals surface area contributed by atoms with Gasteiger partial charge in [-0.1, -0.05) is 0 Å². The van der Waals surface area contributed by atoms with Crippen LogP contribution in [0.5, 0.6) is 0 Å². The highest BCUT2D eigenvalue weighted by Crippen LogP contribution is 2.28. The number of rotatable bonds is 3. The molecule has 2 aromatic heterocycles. The van der Waals surface area contributed by atoms with Crippen molar-refractivity contribution >= 4 is 5.78 Å². The predicted octanol–water partition coefficient (Wildman–Crippen LogP) is 2.71. The number of aryl methyl sites for hydroxylation is 1. The van der Waals surface area contributed by atoms with Crippen LogP contribution in [-0.2, 0) is 19.8 Å². The molecule has 22 heavy (non-hydrogen) atoms. The van der Waals surface area contributed by atoms with E-state index in [1.54, 1.807) is 20.0 Å². The van der Waals surface area contributed by atoms with Crippen molar-refractivity contribution in [2.24, 2.45) is 7.05 Å². The topological polar surface area (TPSA) is 44.0 Å². The zero-order valence-corrected chi connectivity index (χ0v) is 12.4. The van der Waals surface area contributed by atoms with Crippen molar-refractivity contribution in [1.82, 2.24) is 9.13 Å². The number of carbonyl (C=O) groups is 1. The van der Waals surface area contributed by atoms with Crippen molar-refractivity contribution in [2.75, 3.05) is 0 Å².